The Balaban J connectivity index is 1.73. The number of hydrogen-bond acceptors (Lipinski definition) is 4. The van der Waals surface area contributed by atoms with Crippen LogP contribution in [0.3, 0.4) is 0 Å². The van der Waals surface area contributed by atoms with E-state index in [1.807, 2.05) is 23.9 Å². The molecule has 2 N–H and O–H groups in total. The summed E-state index contributed by atoms with van der Waals surface area (Å²) in [7, 11) is 3.42. The van der Waals surface area contributed by atoms with Gasteiger partial charge < -0.3 is 15.5 Å². The van der Waals surface area contributed by atoms with E-state index in [0.29, 0.717) is 16.9 Å². The van der Waals surface area contributed by atoms with Crippen LogP contribution in [0.5, 0.6) is 0 Å². The van der Waals surface area contributed by atoms with Crippen molar-refractivity contribution in [1.82, 2.24) is 20.0 Å². The maximum atomic E-state index is 12.5. The van der Waals surface area contributed by atoms with Gasteiger partial charge in [-0.2, -0.15) is 5.10 Å². The zero-order chi connectivity index (χ0) is 18.7. The topological polar surface area (TPSA) is 79.3 Å². The molecule has 7 heteroatoms. The van der Waals surface area contributed by atoms with Gasteiger partial charge in [-0.05, 0) is 50.1 Å². The van der Waals surface area contributed by atoms with Crippen molar-refractivity contribution in [1.29, 1.82) is 0 Å². The third kappa shape index (κ3) is 3.94. The van der Waals surface area contributed by atoms with Crippen LogP contribution in [0.25, 0.3) is 0 Å². The van der Waals surface area contributed by atoms with Crippen molar-refractivity contribution in [3.05, 3.63) is 47.3 Å². The molecule has 1 aliphatic rings. The summed E-state index contributed by atoms with van der Waals surface area (Å²) < 4.78 is 1.86. The Hall–Kier alpha value is -2.67. The number of nitrogens with one attached hydrogen (secondary N) is 2. The molecule has 1 saturated heterocycles. The molecule has 1 fully saturated rings. The van der Waals surface area contributed by atoms with E-state index in [9.17, 15) is 9.59 Å². The summed E-state index contributed by atoms with van der Waals surface area (Å²) in [5.41, 5.74) is 2.40. The van der Waals surface area contributed by atoms with Gasteiger partial charge in [-0.1, -0.05) is 6.07 Å². The predicted octanol–water partition coefficient (Wildman–Crippen LogP) is 2.07. The summed E-state index contributed by atoms with van der Waals surface area (Å²) in [6.07, 6.45) is 4.02. The molecule has 2 heterocycles. The zero-order valence-electron chi connectivity index (χ0n) is 15.5. The lowest BCUT2D eigenvalue weighted by Gasteiger charge is -2.22. The Kier molecular flexibility index (Phi) is 5.37. The lowest BCUT2D eigenvalue weighted by atomic mass is 10.1. The molecule has 0 spiro atoms. The van der Waals surface area contributed by atoms with Gasteiger partial charge in [-0.25, -0.2) is 0 Å². The third-order valence-electron chi connectivity index (χ3n) is 4.62. The fourth-order valence-electron chi connectivity index (χ4n) is 3.09. The molecule has 1 atom stereocenters. The molecule has 1 aromatic carbocycles. The zero-order valence-corrected chi connectivity index (χ0v) is 15.5. The number of benzene rings is 1. The van der Waals surface area contributed by atoms with Gasteiger partial charge in [-0.3, -0.25) is 14.3 Å². The molecular formula is C19H25N5O2. The summed E-state index contributed by atoms with van der Waals surface area (Å²) in [5.74, 6) is -0.368. The Morgan fingerprint density at radius 2 is 2.12 bits per heavy atom. The highest BCUT2D eigenvalue weighted by Gasteiger charge is 2.18. The molecule has 0 aliphatic carbocycles. The number of rotatable bonds is 4. The summed E-state index contributed by atoms with van der Waals surface area (Å²) in [5, 5.41) is 10.6. The van der Waals surface area contributed by atoms with Gasteiger partial charge >= 0.3 is 0 Å². The van der Waals surface area contributed by atoms with Gasteiger partial charge in [0.1, 0.15) is 0 Å². The quantitative estimate of drug-likeness (QED) is 0.880. The lowest BCUT2D eigenvalue weighted by molar-refractivity contribution is 0.0826. The van der Waals surface area contributed by atoms with Crippen LogP contribution in [-0.2, 0) is 0 Å². The predicted molar refractivity (Wildman–Crippen MR) is 101 cm³/mol. The van der Waals surface area contributed by atoms with Crippen LogP contribution >= 0.6 is 0 Å². The molecule has 26 heavy (non-hydrogen) atoms. The van der Waals surface area contributed by atoms with Gasteiger partial charge in [-0.15, -0.1) is 0 Å². The van der Waals surface area contributed by atoms with Crippen molar-refractivity contribution in [2.24, 2.45) is 0 Å². The van der Waals surface area contributed by atoms with Gasteiger partial charge in [0.25, 0.3) is 11.8 Å². The van der Waals surface area contributed by atoms with Crippen molar-refractivity contribution in [3.63, 3.8) is 0 Å². The molecule has 3 rings (SSSR count). The monoisotopic (exact) mass is 355 g/mol. The minimum atomic E-state index is -0.278. The van der Waals surface area contributed by atoms with Gasteiger partial charge in [0.05, 0.1) is 6.04 Å². The summed E-state index contributed by atoms with van der Waals surface area (Å²) in [6.45, 7) is 3.78. The second-order valence-corrected chi connectivity index (χ2v) is 6.86. The second-order valence-electron chi connectivity index (χ2n) is 6.86. The first kappa shape index (κ1) is 18.1. The Labute approximate surface area is 153 Å². The van der Waals surface area contributed by atoms with Crippen LogP contribution in [-0.4, -0.2) is 53.7 Å². The first-order valence-electron chi connectivity index (χ1n) is 8.85. The van der Waals surface area contributed by atoms with E-state index < -0.39 is 0 Å². The van der Waals surface area contributed by atoms with Crippen LogP contribution in [0.15, 0.2) is 30.5 Å². The van der Waals surface area contributed by atoms with Crippen molar-refractivity contribution in [2.45, 2.75) is 25.8 Å². The average Bonchev–Trinajstić information content (AvgIpc) is 3.13. The van der Waals surface area contributed by atoms with E-state index in [1.54, 1.807) is 32.3 Å². The fourth-order valence-corrected chi connectivity index (χ4v) is 3.09. The molecule has 0 radical (unpaired) electrons. The number of amides is 2. The minimum Gasteiger partial charge on any atom is -0.345 e. The number of anilines is 1. The van der Waals surface area contributed by atoms with E-state index in [2.05, 4.69) is 15.7 Å². The van der Waals surface area contributed by atoms with Gasteiger partial charge in [0.15, 0.2) is 5.69 Å². The second kappa shape index (κ2) is 7.70. The number of nitrogens with zero attached hydrogens (tertiary/aromatic N) is 3. The summed E-state index contributed by atoms with van der Waals surface area (Å²) in [6, 6.07) is 7.34. The largest absolute Gasteiger partial charge is 0.345 e. The highest BCUT2D eigenvalue weighted by molar-refractivity contribution is 6.04. The molecule has 2 amide bonds. The van der Waals surface area contributed by atoms with Crippen molar-refractivity contribution in [2.75, 3.05) is 32.5 Å². The number of aryl methyl sites for hydroxylation is 1. The number of carbonyl (C=O) groups excluding carboxylic acids is 2. The SMILES string of the molecule is Cc1ccc(NC(=O)c2ccn(C3CCCNC3)n2)cc1C(=O)N(C)C. The van der Waals surface area contributed by atoms with Crippen LogP contribution < -0.4 is 10.6 Å². The van der Waals surface area contributed by atoms with Crippen LogP contribution in [0, 0.1) is 6.92 Å². The van der Waals surface area contributed by atoms with Crippen LogP contribution in [0.2, 0.25) is 0 Å². The molecular weight excluding hydrogens is 330 g/mol. The lowest BCUT2D eigenvalue weighted by Crippen LogP contribution is -2.32. The smallest absolute Gasteiger partial charge is 0.276 e. The van der Waals surface area contributed by atoms with Crippen molar-refractivity contribution >= 4 is 17.5 Å². The van der Waals surface area contributed by atoms with E-state index in [1.165, 1.54) is 4.90 Å². The maximum absolute atomic E-state index is 12.5. The Bertz CT molecular complexity index is 806. The molecule has 7 nitrogen and oxygen atoms in total. The van der Waals surface area contributed by atoms with E-state index in [4.69, 9.17) is 0 Å². The minimum absolute atomic E-state index is 0.0901. The number of hydrogen-bond donors (Lipinski definition) is 2. The Morgan fingerprint density at radius 3 is 2.81 bits per heavy atom. The van der Waals surface area contributed by atoms with Crippen molar-refractivity contribution in [3.8, 4) is 0 Å². The maximum Gasteiger partial charge on any atom is 0.276 e. The highest BCUT2D eigenvalue weighted by atomic mass is 16.2. The highest BCUT2D eigenvalue weighted by Crippen LogP contribution is 2.19. The molecule has 138 valence electrons. The first-order valence-corrected chi connectivity index (χ1v) is 8.85. The molecule has 0 bridgehead atoms. The molecule has 2 aromatic rings. The molecule has 1 aliphatic heterocycles. The van der Waals surface area contributed by atoms with Crippen molar-refractivity contribution < 1.29 is 9.59 Å². The van der Waals surface area contributed by atoms with E-state index in [-0.39, 0.29) is 17.9 Å². The number of aromatic nitrogens is 2. The van der Waals surface area contributed by atoms with E-state index >= 15 is 0 Å². The van der Waals surface area contributed by atoms with Gasteiger partial charge in [0.2, 0.25) is 0 Å². The Morgan fingerprint density at radius 1 is 1.31 bits per heavy atom. The fraction of sp³-hybridized carbons (Fsp3) is 0.421. The van der Waals surface area contributed by atoms with Gasteiger partial charge in [0, 0.05) is 38.1 Å². The molecule has 0 saturated carbocycles. The summed E-state index contributed by atoms with van der Waals surface area (Å²) >= 11 is 0. The summed E-state index contributed by atoms with van der Waals surface area (Å²) in [4.78, 5) is 26.3. The van der Waals surface area contributed by atoms with Crippen LogP contribution in [0.1, 0.15) is 45.3 Å². The standard InChI is InChI=1S/C19H25N5O2/c1-13-6-7-14(11-16(13)19(26)23(2)3)21-18(25)17-8-10-24(22-17)15-5-4-9-20-12-15/h6-8,10-11,15,20H,4-5,9,12H2,1-3H3,(H,21,25). The molecule has 1 unspecified atom stereocenters. The van der Waals surface area contributed by atoms with Crippen LogP contribution in [0.4, 0.5) is 5.69 Å². The third-order valence-corrected chi connectivity index (χ3v) is 4.62. The number of piperidine rings is 1. The first-order chi connectivity index (χ1) is 12.5. The molecule has 1 aromatic heterocycles. The normalized spacial score (nSPS) is 17.0. The van der Waals surface area contributed by atoms with E-state index in [0.717, 1.165) is 31.5 Å². The number of carbonyl (C=O) groups is 2. The average molecular weight is 355 g/mol.